The van der Waals surface area contributed by atoms with Crippen LogP contribution >= 0.6 is 11.8 Å². The highest BCUT2D eigenvalue weighted by molar-refractivity contribution is 8.01. The SMILES string of the molecule is CC1CCN(C2CSC3(C2)CN(C(=O)c2cc[nH]c(=O)c2)C3)CC1. The summed E-state index contributed by atoms with van der Waals surface area (Å²) < 4.78 is 0.255. The van der Waals surface area contributed by atoms with E-state index in [1.54, 1.807) is 12.3 Å². The van der Waals surface area contributed by atoms with Crippen molar-refractivity contribution in [2.24, 2.45) is 5.92 Å². The van der Waals surface area contributed by atoms with Crippen molar-refractivity contribution in [2.45, 2.75) is 37.0 Å². The number of rotatable bonds is 2. The molecule has 1 amide bonds. The van der Waals surface area contributed by atoms with Gasteiger partial charge in [0.15, 0.2) is 0 Å². The molecule has 3 aliphatic rings. The highest BCUT2D eigenvalue weighted by Gasteiger charge is 2.51. The molecular weight excluding hydrogens is 322 g/mol. The van der Waals surface area contributed by atoms with Gasteiger partial charge in [-0.25, -0.2) is 0 Å². The first kappa shape index (κ1) is 16.2. The largest absolute Gasteiger partial charge is 0.336 e. The summed E-state index contributed by atoms with van der Waals surface area (Å²) in [6.45, 7) is 6.47. The number of hydrogen-bond acceptors (Lipinski definition) is 4. The van der Waals surface area contributed by atoms with Gasteiger partial charge in [0.1, 0.15) is 0 Å². The molecule has 4 rings (SSSR count). The van der Waals surface area contributed by atoms with Crippen LogP contribution in [0.15, 0.2) is 23.1 Å². The normalized spacial score (nSPS) is 27.4. The lowest BCUT2D eigenvalue weighted by atomic mass is 9.89. The van der Waals surface area contributed by atoms with Crippen molar-refractivity contribution in [3.63, 3.8) is 0 Å². The number of pyridine rings is 1. The van der Waals surface area contributed by atoms with Crippen LogP contribution in [0.3, 0.4) is 0 Å². The fraction of sp³-hybridized carbons (Fsp3) is 0.667. The number of piperidine rings is 1. The molecule has 1 spiro atoms. The van der Waals surface area contributed by atoms with Crippen molar-refractivity contribution >= 4 is 17.7 Å². The summed E-state index contributed by atoms with van der Waals surface area (Å²) in [6.07, 6.45) is 5.39. The topological polar surface area (TPSA) is 56.4 Å². The van der Waals surface area contributed by atoms with Gasteiger partial charge in [-0.3, -0.25) is 14.5 Å². The van der Waals surface area contributed by atoms with Crippen LogP contribution in [0.25, 0.3) is 0 Å². The second kappa shape index (κ2) is 6.23. The fourth-order valence-electron chi connectivity index (χ4n) is 4.22. The van der Waals surface area contributed by atoms with Gasteiger partial charge in [-0.15, -0.1) is 11.8 Å². The molecule has 3 fully saturated rings. The van der Waals surface area contributed by atoms with Crippen LogP contribution in [0.1, 0.15) is 36.5 Å². The van der Waals surface area contributed by atoms with Gasteiger partial charge >= 0.3 is 0 Å². The van der Waals surface area contributed by atoms with E-state index in [-0.39, 0.29) is 16.2 Å². The van der Waals surface area contributed by atoms with Crippen LogP contribution < -0.4 is 5.56 Å². The van der Waals surface area contributed by atoms with Crippen molar-refractivity contribution in [3.8, 4) is 0 Å². The van der Waals surface area contributed by atoms with E-state index in [1.807, 2.05) is 4.90 Å². The molecule has 24 heavy (non-hydrogen) atoms. The molecule has 1 N–H and O–H groups in total. The molecule has 0 aliphatic carbocycles. The van der Waals surface area contributed by atoms with Crippen molar-refractivity contribution < 1.29 is 4.79 Å². The third-order valence-corrected chi connectivity index (χ3v) is 7.38. The highest BCUT2D eigenvalue weighted by atomic mass is 32.2. The zero-order valence-corrected chi connectivity index (χ0v) is 15.0. The van der Waals surface area contributed by atoms with E-state index in [2.05, 4.69) is 28.6 Å². The number of hydrogen-bond donors (Lipinski definition) is 1. The second-order valence-electron chi connectivity index (χ2n) is 7.67. The first-order valence-corrected chi connectivity index (χ1v) is 9.89. The molecule has 0 saturated carbocycles. The monoisotopic (exact) mass is 347 g/mol. The number of H-pyrrole nitrogens is 1. The maximum atomic E-state index is 12.5. The molecule has 1 aromatic rings. The number of aromatic amines is 1. The van der Waals surface area contributed by atoms with Gasteiger partial charge in [0.25, 0.3) is 5.91 Å². The van der Waals surface area contributed by atoms with Crippen LogP contribution in [0, 0.1) is 5.92 Å². The first-order valence-electron chi connectivity index (χ1n) is 8.91. The summed E-state index contributed by atoms with van der Waals surface area (Å²) in [7, 11) is 0. The third-order valence-electron chi connectivity index (χ3n) is 5.79. The Bertz CT molecular complexity index is 675. The van der Waals surface area contributed by atoms with E-state index in [9.17, 15) is 9.59 Å². The summed E-state index contributed by atoms with van der Waals surface area (Å²) in [5.74, 6) is 2.05. The lowest BCUT2D eigenvalue weighted by Gasteiger charge is -2.48. The third kappa shape index (κ3) is 3.02. The molecule has 6 heteroatoms. The molecule has 3 saturated heterocycles. The Morgan fingerprint density at radius 2 is 2.08 bits per heavy atom. The van der Waals surface area contributed by atoms with Crippen LogP contribution in [-0.4, -0.2) is 63.4 Å². The van der Waals surface area contributed by atoms with Crippen LogP contribution in [0.4, 0.5) is 0 Å². The maximum Gasteiger partial charge on any atom is 0.254 e. The molecule has 5 nitrogen and oxygen atoms in total. The summed E-state index contributed by atoms with van der Waals surface area (Å²) in [5, 5.41) is 0. The van der Waals surface area contributed by atoms with Crippen molar-refractivity contribution in [1.82, 2.24) is 14.8 Å². The maximum absolute atomic E-state index is 12.5. The minimum Gasteiger partial charge on any atom is -0.336 e. The Labute approximate surface area is 146 Å². The number of thioether (sulfide) groups is 1. The summed E-state index contributed by atoms with van der Waals surface area (Å²) in [4.78, 5) is 31.0. The van der Waals surface area contributed by atoms with Crippen molar-refractivity contribution in [2.75, 3.05) is 31.9 Å². The van der Waals surface area contributed by atoms with Gasteiger partial charge in [-0.2, -0.15) is 0 Å². The molecule has 3 aliphatic heterocycles. The van der Waals surface area contributed by atoms with Gasteiger partial charge in [0.05, 0.1) is 4.75 Å². The van der Waals surface area contributed by atoms with Crippen molar-refractivity contribution in [3.05, 3.63) is 34.2 Å². The van der Waals surface area contributed by atoms with E-state index in [0.717, 1.165) is 19.0 Å². The number of amides is 1. The molecule has 130 valence electrons. The van der Waals surface area contributed by atoms with Gasteiger partial charge in [0, 0.05) is 42.7 Å². The number of likely N-dealkylation sites (tertiary alicyclic amines) is 2. The summed E-state index contributed by atoms with van der Waals surface area (Å²) in [5.41, 5.74) is 0.281. The van der Waals surface area contributed by atoms with Crippen LogP contribution in [0.5, 0.6) is 0 Å². The van der Waals surface area contributed by atoms with Gasteiger partial charge in [-0.05, 0) is 44.3 Å². The molecule has 4 heterocycles. The zero-order valence-electron chi connectivity index (χ0n) is 14.2. The van der Waals surface area contributed by atoms with E-state index >= 15 is 0 Å². The number of carbonyl (C=O) groups excluding carboxylic acids is 1. The Balaban J connectivity index is 1.34. The summed E-state index contributed by atoms with van der Waals surface area (Å²) >= 11 is 2.05. The molecule has 1 aromatic heterocycles. The average Bonchev–Trinajstić information content (AvgIpc) is 2.99. The smallest absolute Gasteiger partial charge is 0.254 e. The first-order chi connectivity index (χ1) is 11.5. The molecule has 1 atom stereocenters. The second-order valence-corrected chi connectivity index (χ2v) is 9.16. The Kier molecular flexibility index (Phi) is 4.21. The Morgan fingerprint density at radius 3 is 2.79 bits per heavy atom. The fourth-order valence-corrected chi connectivity index (χ4v) is 5.90. The van der Waals surface area contributed by atoms with E-state index in [1.165, 1.54) is 44.2 Å². The quantitative estimate of drug-likeness (QED) is 0.886. The van der Waals surface area contributed by atoms with E-state index in [4.69, 9.17) is 0 Å². The minimum atomic E-state index is -0.217. The molecule has 0 bridgehead atoms. The van der Waals surface area contributed by atoms with Gasteiger partial charge < -0.3 is 9.88 Å². The number of carbonyl (C=O) groups is 1. The number of aromatic nitrogens is 1. The summed E-state index contributed by atoms with van der Waals surface area (Å²) in [6, 6.07) is 3.76. The zero-order chi connectivity index (χ0) is 16.7. The van der Waals surface area contributed by atoms with E-state index in [0.29, 0.717) is 11.6 Å². The number of nitrogens with zero attached hydrogens (tertiary/aromatic N) is 2. The lowest BCUT2D eigenvalue weighted by molar-refractivity contribution is 0.0510. The van der Waals surface area contributed by atoms with Crippen LogP contribution in [0.2, 0.25) is 0 Å². The molecule has 0 radical (unpaired) electrons. The molecular formula is C18H25N3O2S. The molecule has 1 unspecified atom stereocenters. The van der Waals surface area contributed by atoms with Gasteiger partial charge in [0.2, 0.25) is 5.56 Å². The highest BCUT2D eigenvalue weighted by Crippen LogP contribution is 2.47. The lowest BCUT2D eigenvalue weighted by Crippen LogP contribution is -2.61. The molecule has 0 aromatic carbocycles. The van der Waals surface area contributed by atoms with Crippen molar-refractivity contribution in [1.29, 1.82) is 0 Å². The Hall–Kier alpha value is -1.27. The predicted molar refractivity (Wildman–Crippen MR) is 96.5 cm³/mol. The van der Waals surface area contributed by atoms with E-state index < -0.39 is 0 Å². The Morgan fingerprint density at radius 1 is 1.33 bits per heavy atom. The average molecular weight is 347 g/mol. The predicted octanol–water partition coefficient (Wildman–Crippen LogP) is 1.81. The minimum absolute atomic E-state index is 0.0115. The standard InChI is InChI=1S/C18H25N3O2S/c1-13-3-6-20(7-4-13)15-9-18(24-10-15)11-21(12-18)17(23)14-2-5-19-16(22)8-14/h2,5,8,13,15H,3-4,6-7,9-12H2,1H3,(H,19,22). The van der Waals surface area contributed by atoms with Gasteiger partial charge in [-0.1, -0.05) is 6.92 Å². The number of nitrogens with one attached hydrogen (secondary N) is 1. The van der Waals surface area contributed by atoms with Crippen LogP contribution in [-0.2, 0) is 0 Å².